The van der Waals surface area contributed by atoms with Gasteiger partial charge in [-0.3, -0.25) is 19.1 Å². The fourth-order valence-electron chi connectivity index (χ4n) is 5.08. The summed E-state index contributed by atoms with van der Waals surface area (Å²) >= 11 is 0. The molecule has 2 aromatic rings. The number of aliphatic hydroxyl groups is 1. The fraction of sp³-hybridized carbons (Fsp3) is 0.500. The van der Waals surface area contributed by atoms with Crippen molar-refractivity contribution in [1.82, 2.24) is 14.9 Å². The van der Waals surface area contributed by atoms with Crippen molar-refractivity contribution >= 4 is 17.3 Å². The van der Waals surface area contributed by atoms with Gasteiger partial charge in [0.2, 0.25) is 0 Å². The quantitative estimate of drug-likeness (QED) is 0.590. The maximum atomic E-state index is 13.6. The normalized spacial score (nSPS) is 19.2. The first-order chi connectivity index (χ1) is 13.7. The minimum absolute atomic E-state index is 0.145. The van der Waals surface area contributed by atoms with Crippen molar-refractivity contribution in [3.05, 3.63) is 50.7 Å². The second-order valence-electron chi connectivity index (χ2n) is 9.10. The second kappa shape index (κ2) is 5.92. The SMILES string of the molecule is Cc1c2c(c(=O)n3c1C(=O)NC31CCCCC1)Nc1cc(C(C)(C)O)ncc1C2. The minimum atomic E-state index is -1.07. The molecule has 152 valence electrons. The Labute approximate surface area is 169 Å². The standard InChI is InChI=1S/C22H26N4O3/c1-12-14-9-13-11-23-16(21(2,3)29)10-15(13)24-17(14)20(28)26-18(12)19(27)25-22(26)7-5-4-6-8-22/h10-11,24,29H,4-9H2,1-3H3,(H,25,27). The first-order valence-electron chi connectivity index (χ1n) is 10.3. The molecular weight excluding hydrogens is 368 g/mol. The number of amides is 1. The van der Waals surface area contributed by atoms with Crippen molar-refractivity contribution in [2.75, 3.05) is 5.32 Å². The van der Waals surface area contributed by atoms with Crippen molar-refractivity contribution in [1.29, 1.82) is 0 Å². The van der Waals surface area contributed by atoms with Crippen LogP contribution in [0.1, 0.15) is 78.8 Å². The first kappa shape index (κ1) is 18.4. The number of anilines is 2. The fourth-order valence-corrected chi connectivity index (χ4v) is 5.08. The molecule has 3 N–H and O–H groups in total. The number of nitrogens with one attached hydrogen (secondary N) is 2. The van der Waals surface area contributed by atoms with Crippen LogP contribution in [0.2, 0.25) is 0 Å². The zero-order valence-corrected chi connectivity index (χ0v) is 17.1. The summed E-state index contributed by atoms with van der Waals surface area (Å²) in [4.78, 5) is 30.9. The Bertz CT molecular complexity index is 1100. The predicted octanol–water partition coefficient (Wildman–Crippen LogP) is 2.79. The van der Waals surface area contributed by atoms with E-state index in [1.807, 2.05) is 13.0 Å². The van der Waals surface area contributed by atoms with Gasteiger partial charge in [0.15, 0.2) is 0 Å². The van der Waals surface area contributed by atoms with Gasteiger partial charge in [-0.2, -0.15) is 0 Å². The van der Waals surface area contributed by atoms with Crippen LogP contribution in [-0.2, 0) is 17.7 Å². The first-order valence-corrected chi connectivity index (χ1v) is 10.3. The third kappa shape index (κ3) is 2.56. The zero-order valence-electron chi connectivity index (χ0n) is 17.1. The Morgan fingerprint density at radius 2 is 1.93 bits per heavy atom. The van der Waals surface area contributed by atoms with Gasteiger partial charge < -0.3 is 15.7 Å². The Kier molecular flexibility index (Phi) is 3.75. The highest BCUT2D eigenvalue weighted by Gasteiger charge is 2.46. The smallest absolute Gasteiger partial charge is 0.277 e. The lowest BCUT2D eigenvalue weighted by Crippen LogP contribution is -2.49. The van der Waals surface area contributed by atoms with E-state index in [2.05, 4.69) is 15.6 Å². The van der Waals surface area contributed by atoms with Gasteiger partial charge >= 0.3 is 0 Å². The van der Waals surface area contributed by atoms with E-state index in [4.69, 9.17) is 0 Å². The van der Waals surface area contributed by atoms with E-state index < -0.39 is 11.3 Å². The van der Waals surface area contributed by atoms with Gasteiger partial charge in [0.05, 0.1) is 5.69 Å². The van der Waals surface area contributed by atoms with E-state index in [9.17, 15) is 14.7 Å². The molecule has 5 rings (SSSR count). The summed E-state index contributed by atoms with van der Waals surface area (Å²) in [5.74, 6) is -0.148. The number of aromatic nitrogens is 2. The number of carbonyl (C=O) groups is 1. The Hall–Kier alpha value is -2.67. The molecule has 2 aromatic heterocycles. The number of carbonyl (C=O) groups excluding carboxylic acids is 1. The topological polar surface area (TPSA) is 96.2 Å². The highest BCUT2D eigenvalue weighted by atomic mass is 16.3. The molecule has 0 aromatic carbocycles. The minimum Gasteiger partial charge on any atom is -0.384 e. The van der Waals surface area contributed by atoms with Crippen molar-refractivity contribution in [3.63, 3.8) is 0 Å². The van der Waals surface area contributed by atoms with Gasteiger partial charge in [-0.25, -0.2) is 0 Å². The van der Waals surface area contributed by atoms with Crippen LogP contribution in [-0.4, -0.2) is 20.6 Å². The summed E-state index contributed by atoms with van der Waals surface area (Å²) in [6.07, 6.45) is 6.97. The molecule has 4 heterocycles. The van der Waals surface area contributed by atoms with Crippen LogP contribution in [0.25, 0.3) is 0 Å². The van der Waals surface area contributed by atoms with Gasteiger partial charge in [0.25, 0.3) is 11.5 Å². The van der Waals surface area contributed by atoms with Crippen molar-refractivity contribution in [2.24, 2.45) is 0 Å². The molecule has 3 aliphatic rings. The van der Waals surface area contributed by atoms with Crippen molar-refractivity contribution in [3.8, 4) is 0 Å². The molecule has 1 aliphatic carbocycles. The van der Waals surface area contributed by atoms with E-state index in [0.717, 1.165) is 54.5 Å². The molecule has 1 spiro atoms. The molecule has 0 unspecified atom stereocenters. The average Bonchev–Trinajstić information content (AvgIpc) is 2.96. The van der Waals surface area contributed by atoms with E-state index in [1.165, 1.54) is 0 Å². The van der Waals surface area contributed by atoms with E-state index in [-0.39, 0.29) is 11.5 Å². The lowest BCUT2D eigenvalue weighted by atomic mass is 9.88. The monoisotopic (exact) mass is 394 g/mol. The molecule has 1 amide bonds. The average molecular weight is 394 g/mol. The molecule has 1 fully saturated rings. The van der Waals surface area contributed by atoms with Crippen molar-refractivity contribution < 1.29 is 9.90 Å². The number of pyridine rings is 2. The third-order valence-electron chi connectivity index (χ3n) is 6.66. The molecule has 2 aliphatic heterocycles. The van der Waals surface area contributed by atoms with Crippen LogP contribution >= 0.6 is 0 Å². The lowest BCUT2D eigenvalue weighted by Gasteiger charge is -2.36. The molecule has 7 heteroatoms. The Balaban J connectivity index is 1.69. The summed E-state index contributed by atoms with van der Waals surface area (Å²) in [5, 5.41) is 16.8. The van der Waals surface area contributed by atoms with Gasteiger partial charge in [0.1, 0.15) is 22.6 Å². The van der Waals surface area contributed by atoms with E-state index in [0.29, 0.717) is 23.5 Å². The Morgan fingerprint density at radius 1 is 1.21 bits per heavy atom. The van der Waals surface area contributed by atoms with Crippen LogP contribution in [0.3, 0.4) is 0 Å². The molecular formula is C22H26N4O3. The van der Waals surface area contributed by atoms with Crippen LogP contribution in [0.4, 0.5) is 11.4 Å². The zero-order chi connectivity index (χ0) is 20.6. The van der Waals surface area contributed by atoms with Gasteiger partial charge in [-0.05, 0) is 69.2 Å². The molecule has 0 bridgehead atoms. The maximum absolute atomic E-state index is 13.6. The summed E-state index contributed by atoms with van der Waals surface area (Å²) in [6, 6.07) is 1.81. The second-order valence-corrected chi connectivity index (χ2v) is 9.10. The largest absolute Gasteiger partial charge is 0.384 e. The molecule has 7 nitrogen and oxygen atoms in total. The van der Waals surface area contributed by atoms with Gasteiger partial charge in [-0.1, -0.05) is 6.42 Å². The summed E-state index contributed by atoms with van der Waals surface area (Å²) < 4.78 is 1.72. The molecule has 29 heavy (non-hydrogen) atoms. The van der Waals surface area contributed by atoms with Gasteiger partial charge in [0, 0.05) is 18.3 Å². The number of rotatable bonds is 1. The number of nitrogens with zero attached hydrogens (tertiary/aromatic N) is 2. The number of hydrogen-bond donors (Lipinski definition) is 3. The number of fused-ring (bicyclic) bond motifs is 4. The van der Waals surface area contributed by atoms with Gasteiger partial charge in [-0.15, -0.1) is 0 Å². The highest BCUT2D eigenvalue weighted by Crippen LogP contribution is 2.41. The predicted molar refractivity (Wildman–Crippen MR) is 110 cm³/mol. The summed E-state index contributed by atoms with van der Waals surface area (Å²) in [6.45, 7) is 5.31. The molecule has 0 radical (unpaired) electrons. The van der Waals surface area contributed by atoms with Crippen LogP contribution in [0.15, 0.2) is 17.1 Å². The molecule has 0 saturated heterocycles. The summed E-state index contributed by atoms with van der Waals surface area (Å²) in [7, 11) is 0. The molecule has 0 atom stereocenters. The molecule has 1 saturated carbocycles. The summed E-state index contributed by atoms with van der Waals surface area (Å²) in [5.41, 5.74) is 3.22. The Morgan fingerprint density at radius 3 is 2.62 bits per heavy atom. The lowest BCUT2D eigenvalue weighted by molar-refractivity contribution is 0.0738. The van der Waals surface area contributed by atoms with Crippen LogP contribution in [0.5, 0.6) is 0 Å². The third-order valence-corrected chi connectivity index (χ3v) is 6.66. The van der Waals surface area contributed by atoms with E-state index >= 15 is 0 Å². The highest BCUT2D eigenvalue weighted by molar-refractivity contribution is 5.98. The van der Waals surface area contributed by atoms with E-state index in [1.54, 1.807) is 24.6 Å². The van der Waals surface area contributed by atoms with Crippen LogP contribution in [0, 0.1) is 6.92 Å². The number of hydrogen-bond acceptors (Lipinski definition) is 5. The van der Waals surface area contributed by atoms with Crippen LogP contribution < -0.4 is 16.2 Å². The van der Waals surface area contributed by atoms with Crippen molar-refractivity contribution in [2.45, 2.75) is 70.6 Å². The maximum Gasteiger partial charge on any atom is 0.277 e.